The number of anilines is 2. The number of nitrogens with zero attached hydrogens (tertiary/aromatic N) is 1. The van der Waals surface area contributed by atoms with Crippen molar-refractivity contribution in [1.82, 2.24) is 0 Å². The van der Waals surface area contributed by atoms with Crippen molar-refractivity contribution < 1.29 is 19.2 Å². The summed E-state index contributed by atoms with van der Waals surface area (Å²) in [5.41, 5.74) is 3.15. The molecule has 0 bridgehead atoms. The monoisotopic (exact) mass is 458 g/mol. The van der Waals surface area contributed by atoms with Crippen molar-refractivity contribution in [3.8, 4) is 0 Å². The topological polar surface area (TPSA) is 83.6 Å². The third kappa shape index (κ3) is 4.88. The van der Waals surface area contributed by atoms with E-state index < -0.39 is 5.25 Å². The van der Waals surface area contributed by atoms with Crippen LogP contribution in [0.4, 0.5) is 11.4 Å². The van der Waals surface area contributed by atoms with E-state index in [1.165, 1.54) is 23.6 Å². The molecule has 0 radical (unpaired) electrons. The van der Waals surface area contributed by atoms with Gasteiger partial charge in [-0.25, -0.2) is 4.90 Å². The predicted molar refractivity (Wildman–Crippen MR) is 129 cm³/mol. The van der Waals surface area contributed by atoms with Crippen molar-refractivity contribution >= 4 is 46.6 Å². The molecule has 166 valence electrons. The van der Waals surface area contributed by atoms with Gasteiger partial charge in [-0.2, -0.15) is 0 Å². The van der Waals surface area contributed by atoms with E-state index in [2.05, 4.69) is 5.32 Å². The summed E-state index contributed by atoms with van der Waals surface area (Å²) in [6.45, 7) is 3.35. The average Bonchev–Trinajstić information content (AvgIpc) is 3.08. The first-order chi connectivity index (χ1) is 15.8. The zero-order valence-electron chi connectivity index (χ0n) is 18.2. The average molecular weight is 459 g/mol. The summed E-state index contributed by atoms with van der Waals surface area (Å²) in [5.74, 6) is -0.809. The summed E-state index contributed by atoms with van der Waals surface area (Å²) in [7, 11) is 0. The lowest BCUT2D eigenvalue weighted by atomic mass is 10.1. The van der Waals surface area contributed by atoms with Gasteiger partial charge in [-0.15, -0.1) is 11.8 Å². The number of aryl methyl sites for hydroxylation is 1. The summed E-state index contributed by atoms with van der Waals surface area (Å²) < 4.78 is 0. The third-order valence-electron chi connectivity index (χ3n) is 5.42. The highest BCUT2D eigenvalue weighted by atomic mass is 32.2. The van der Waals surface area contributed by atoms with Crippen LogP contribution in [0.1, 0.15) is 39.6 Å². The molecule has 33 heavy (non-hydrogen) atoms. The minimum Gasteiger partial charge on any atom is -0.322 e. The van der Waals surface area contributed by atoms with Crippen LogP contribution < -0.4 is 10.2 Å². The lowest BCUT2D eigenvalue weighted by Crippen LogP contribution is -2.31. The number of benzene rings is 3. The highest BCUT2D eigenvalue weighted by Crippen LogP contribution is 2.34. The van der Waals surface area contributed by atoms with Crippen LogP contribution in [0.3, 0.4) is 0 Å². The molecule has 6 nitrogen and oxygen atoms in total. The SMILES string of the molecule is CC(=O)c1ccc(N2C(=O)CC(Sc3ccc(NC(=O)c4ccccc4C)cc3)C2=O)cc1. The van der Waals surface area contributed by atoms with Crippen LogP contribution in [-0.4, -0.2) is 28.8 Å². The standard InChI is InChI=1S/C26H22N2O4S/c1-16-5-3-4-6-22(16)25(31)27-19-9-13-21(14-10-19)33-23-15-24(30)28(26(23)32)20-11-7-18(8-12-20)17(2)29/h3-14,23H,15H2,1-2H3,(H,27,31). The summed E-state index contributed by atoms with van der Waals surface area (Å²) in [5, 5.41) is 2.35. The van der Waals surface area contributed by atoms with Crippen molar-refractivity contribution in [3.63, 3.8) is 0 Å². The molecule has 0 saturated carbocycles. The van der Waals surface area contributed by atoms with E-state index in [0.29, 0.717) is 22.5 Å². The molecule has 1 aliphatic rings. The largest absolute Gasteiger partial charge is 0.322 e. The molecule has 1 unspecified atom stereocenters. The van der Waals surface area contributed by atoms with Gasteiger partial charge in [-0.3, -0.25) is 19.2 Å². The highest BCUT2D eigenvalue weighted by molar-refractivity contribution is 8.00. The maximum atomic E-state index is 12.9. The third-order valence-corrected chi connectivity index (χ3v) is 6.61. The van der Waals surface area contributed by atoms with Gasteiger partial charge >= 0.3 is 0 Å². The summed E-state index contributed by atoms with van der Waals surface area (Å²) in [6.07, 6.45) is 0.101. The fourth-order valence-electron chi connectivity index (χ4n) is 3.62. The normalized spacial score (nSPS) is 15.6. The number of Topliss-reactive ketones (excluding diaryl/α,β-unsaturated/α-hetero) is 1. The van der Waals surface area contributed by atoms with Gasteiger partial charge in [0, 0.05) is 28.1 Å². The Labute approximate surface area is 196 Å². The van der Waals surface area contributed by atoms with Crippen LogP contribution in [0.5, 0.6) is 0 Å². The molecule has 1 saturated heterocycles. The fourth-order valence-corrected chi connectivity index (χ4v) is 4.67. The second kappa shape index (κ2) is 9.42. The van der Waals surface area contributed by atoms with Gasteiger partial charge in [0.05, 0.1) is 10.9 Å². The van der Waals surface area contributed by atoms with E-state index in [1.54, 1.807) is 42.5 Å². The predicted octanol–water partition coefficient (Wildman–Crippen LogP) is 4.87. The lowest BCUT2D eigenvalue weighted by Gasteiger charge is -2.15. The van der Waals surface area contributed by atoms with Gasteiger partial charge in [0.15, 0.2) is 5.78 Å². The van der Waals surface area contributed by atoms with E-state index in [-0.39, 0.29) is 29.9 Å². The van der Waals surface area contributed by atoms with Gasteiger partial charge < -0.3 is 5.32 Å². The second-order valence-corrected chi connectivity index (χ2v) is 9.05. The highest BCUT2D eigenvalue weighted by Gasteiger charge is 2.40. The Kier molecular flexibility index (Phi) is 6.42. The Hall–Kier alpha value is -3.71. The van der Waals surface area contributed by atoms with Crippen LogP contribution >= 0.6 is 11.8 Å². The van der Waals surface area contributed by atoms with Crippen molar-refractivity contribution in [2.75, 3.05) is 10.2 Å². The molecule has 0 spiro atoms. The van der Waals surface area contributed by atoms with Crippen LogP contribution in [0.2, 0.25) is 0 Å². The van der Waals surface area contributed by atoms with E-state index >= 15 is 0 Å². The number of rotatable bonds is 6. The molecule has 1 fully saturated rings. The Balaban J connectivity index is 1.41. The van der Waals surface area contributed by atoms with E-state index in [9.17, 15) is 19.2 Å². The smallest absolute Gasteiger partial charge is 0.255 e. The molecule has 4 rings (SSSR count). The molecular weight excluding hydrogens is 436 g/mol. The molecule has 3 aromatic carbocycles. The molecular formula is C26H22N2O4S. The lowest BCUT2D eigenvalue weighted by molar-refractivity contribution is -0.121. The molecule has 0 aliphatic carbocycles. The van der Waals surface area contributed by atoms with Crippen LogP contribution in [0.25, 0.3) is 0 Å². The zero-order valence-corrected chi connectivity index (χ0v) is 19.0. The number of hydrogen-bond acceptors (Lipinski definition) is 5. The van der Waals surface area contributed by atoms with Gasteiger partial charge in [-0.05, 0) is 74.0 Å². The zero-order chi connectivity index (χ0) is 23.5. The number of thioether (sulfide) groups is 1. The van der Waals surface area contributed by atoms with Crippen molar-refractivity contribution in [2.45, 2.75) is 30.4 Å². The quantitative estimate of drug-likeness (QED) is 0.421. The number of carbonyl (C=O) groups excluding carboxylic acids is 4. The summed E-state index contributed by atoms with van der Waals surface area (Å²) in [6, 6.07) is 21.0. The number of ketones is 1. The van der Waals surface area contributed by atoms with Gasteiger partial charge in [-0.1, -0.05) is 18.2 Å². The Morgan fingerprint density at radius 3 is 2.24 bits per heavy atom. The first-order valence-corrected chi connectivity index (χ1v) is 11.3. The summed E-state index contributed by atoms with van der Waals surface area (Å²) in [4.78, 5) is 51.4. The molecule has 7 heteroatoms. The minimum atomic E-state index is -0.530. The number of carbonyl (C=O) groups is 4. The molecule has 1 N–H and O–H groups in total. The maximum Gasteiger partial charge on any atom is 0.255 e. The minimum absolute atomic E-state index is 0.0763. The van der Waals surface area contributed by atoms with Gasteiger partial charge in [0.2, 0.25) is 11.8 Å². The Morgan fingerprint density at radius 1 is 0.939 bits per heavy atom. The molecule has 0 aromatic heterocycles. The van der Waals surface area contributed by atoms with E-state index in [1.807, 2.05) is 37.3 Å². The second-order valence-electron chi connectivity index (χ2n) is 7.77. The van der Waals surface area contributed by atoms with E-state index in [0.717, 1.165) is 10.5 Å². The Morgan fingerprint density at radius 2 is 1.61 bits per heavy atom. The van der Waals surface area contributed by atoms with Gasteiger partial charge in [0.1, 0.15) is 0 Å². The van der Waals surface area contributed by atoms with Crippen molar-refractivity contribution in [2.24, 2.45) is 0 Å². The molecule has 3 amide bonds. The first-order valence-electron chi connectivity index (χ1n) is 10.4. The Bertz CT molecular complexity index is 1240. The first kappa shape index (κ1) is 22.5. The van der Waals surface area contributed by atoms with Crippen molar-refractivity contribution in [3.05, 3.63) is 89.5 Å². The molecule has 3 aromatic rings. The maximum absolute atomic E-state index is 12.9. The molecule has 1 atom stereocenters. The van der Waals surface area contributed by atoms with Crippen LogP contribution in [0.15, 0.2) is 77.7 Å². The summed E-state index contributed by atoms with van der Waals surface area (Å²) >= 11 is 1.32. The van der Waals surface area contributed by atoms with Gasteiger partial charge in [0.25, 0.3) is 5.91 Å². The molecule has 1 heterocycles. The molecule has 1 aliphatic heterocycles. The van der Waals surface area contributed by atoms with E-state index in [4.69, 9.17) is 0 Å². The van der Waals surface area contributed by atoms with Crippen LogP contribution in [0, 0.1) is 6.92 Å². The number of hydrogen-bond donors (Lipinski definition) is 1. The van der Waals surface area contributed by atoms with Crippen molar-refractivity contribution in [1.29, 1.82) is 0 Å². The number of imide groups is 1. The van der Waals surface area contributed by atoms with Crippen LogP contribution in [-0.2, 0) is 9.59 Å². The number of amides is 3. The fraction of sp³-hybridized carbons (Fsp3) is 0.154. The number of nitrogens with one attached hydrogen (secondary N) is 1.